The van der Waals surface area contributed by atoms with Gasteiger partial charge in [0.05, 0.1) is 18.1 Å². The van der Waals surface area contributed by atoms with Crippen molar-refractivity contribution < 1.29 is 4.79 Å². The minimum absolute atomic E-state index is 0.106. The molecule has 2 rings (SSSR count). The van der Waals surface area contributed by atoms with Crippen LogP contribution in [-0.4, -0.2) is 39.9 Å². The predicted octanol–water partition coefficient (Wildman–Crippen LogP) is 0.585. The summed E-state index contributed by atoms with van der Waals surface area (Å²) in [5.41, 5.74) is 0.498. The Morgan fingerprint density at radius 1 is 1.11 bits per heavy atom. The van der Waals surface area contributed by atoms with Gasteiger partial charge >= 0.3 is 0 Å². The summed E-state index contributed by atoms with van der Waals surface area (Å²) in [6.07, 6.45) is 6.08. The summed E-state index contributed by atoms with van der Waals surface area (Å²) in [5, 5.41) is 2.62. The molecule has 7 heteroatoms. The van der Waals surface area contributed by atoms with Gasteiger partial charge in [0.2, 0.25) is 11.8 Å². The van der Waals surface area contributed by atoms with Crippen LogP contribution in [0.15, 0.2) is 30.9 Å². The van der Waals surface area contributed by atoms with Gasteiger partial charge in [0.1, 0.15) is 0 Å². The van der Waals surface area contributed by atoms with Crippen molar-refractivity contribution >= 4 is 17.5 Å². The Morgan fingerprint density at radius 2 is 1.72 bits per heavy atom. The van der Waals surface area contributed by atoms with Crippen molar-refractivity contribution in [2.45, 2.75) is 0 Å². The number of hydrogen-bond acceptors (Lipinski definition) is 6. The molecule has 0 bridgehead atoms. The van der Waals surface area contributed by atoms with Crippen LogP contribution in [0.1, 0.15) is 10.6 Å². The molecular formula is C11H12N6O. The van der Waals surface area contributed by atoms with E-state index >= 15 is 0 Å². The van der Waals surface area contributed by atoms with Gasteiger partial charge in [-0.25, -0.2) is 19.9 Å². The van der Waals surface area contributed by atoms with Crippen LogP contribution in [-0.2, 0) is 0 Å². The van der Waals surface area contributed by atoms with Crippen LogP contribution in [0.4, 0.5) is 11.6 Å². The molecule has 18 heavy (non-hydrogen) atoms. The molecule has 2 heterocycles. The Morgan fingerprint density at radius 3 is 2.28 bits per heavy atom. The van der Waals surface area contributed by atoms with Gasteiger partial charge in [-0.05, 0) is 6.07 Å². The smallest absolute Gasteiger partial charge is 0.293 e. The molecule has 92 valence electrons. The zero-order valence-electron chi connectivity index (χ0n) is 10.0. The quantitative estimate of drug-likeness (QED) is 0.850. The summed E-state index contributed by atoms with van der Waals surface area (Å²) in [7, 11) is 3.68. The van der Waals surface area contributed by atoms with Crippen molar-refractivity contribution in [3.05, 3.63) is 36.7 Å². The number of anilines is 2. The molecule has 0 aliphatic heterocycles. The molecule has 0 spiro atoms. The molecule has 1 amide bonds. The molecule has 0 saturated heterocycles. The first-order chi connectivity index (χ1) is 8.66. The lowest BCUT2D eigenvalue weighted by Gasteiger charge is -2.09. The SMILES string of the molecule is CN(C)c1ncc(NC(=O)c2ncccn2)cn1. The Hall–Kier alpha value is -2.57. The lowest BCUT2D eigenvalue weighted by molar-refractivity contribution is 0.101. The van der Waals surface area contributed by atoms with Crippen LogP contribution in [0, 0.1) is 0 Å². The number of rotatable bonds is 3. The number of amides is 1. The minimum atomic E-state index is -0.392. The Labute approximate surface area is 104 Å². The van der Waals surface area contributed by atoms with Crippen LogP contribution in [0.5, 0.6) is 0 Å². The highest BCUT2D eigenvalue weighted by Crippen LogP contribution is 2.08. The average Bonchev–Trinajstić information content (AvgIpc) is 2.40. The van der Waals surface area contributed by atoms with Crippen molar-refractivity contribution in [2.24, 2.45) is 0 Å². The summed E-state index contributed by atoms with van der Waals surface area (Å²) < 4.78 is 0. The predicted molar refractivity (Wildman–Crippen MR) is 66.3 cm³/mol. The zero-order valence-corrected chi connectivity index (χ0v) is 10.0. The van der Waals surface area contributed by atoms with E-state index in [-0.39, 0.29) is 5.82 Å². The first kappa shape index (κ1) is 11.9. The summed E-state index contributed by atoms with van der Waals surface area (Å²) in [6.45, 7) is 0. The first-order valence-electron chi connectivity index (χ1n) is 5.24. The van der Waals surface area contributed by atoms with Gasteiger partial charge in [-0.1, -0.05) is 0 Å². The maximum Gasteiger partial charge on any atom is 0.293 e. The van der Waals surface area contributed by atoms with Crippen molar-refractivity contribution in [2.75, 3.05) is 24.3 Å². The molecule has 0 saturated carbocycles. The van der Waals surface area contributed by atoms with Crippen molar-refractivity contribution in [3.8, 4) is 0 Å². The topological polar surface area (TPSA) is 83.9 Å². The van der Waals surface area contributed by atoms with E-state index in [4.69, 9.17) is 0 Å². The second kappa shape index (κ2) is 5.17. The average molecular weight is 244 g/mol. The van der Waals surface area contributed by atoms with E-state index in [1.165, 1.54) is 24.8 Å². The third-order valence-electron chi connectivity index (χ3n) is 2.06. The van der Waals surface area contributed by atoms with Crippen molar-refractivity contribution in [1.29, 1.82) is 0 Å². The van der Waals surface area contributed by atoms with Gasteiger partial charge in [-0.3, -0.25) is 4.79 Å². The van der Waals surface area contributed by atoms with Gasteiger partial charge in [-0.2, -0.15) is 0 Å². The molecule has 7 nitrogen and oxygen atoms in total. The third kappa shape index (κ3) is 2.76. The van der Waals surface area contributed by atoms with Crippen LogP contribution >= 0.6 is 0 Å². The fraction of sp³-hybridized carbons (Fsp3) is 0.182. The minimum Gasteiger partial charge on any atom is -0.347 e. The van der Waals surface area contributed by atoms with Crippen LogP contribution < -0.4 is 10.2 Å². The number of aromatic nitrogens is 4. The van der Waals surface area contributed by atoms with Gasteiger partial charge < -0.3 is 10.2 Å². The maximum absolute atomic E-state index is 11.7. The zero-order chi connectivity index (χ0) is 13.0. The Kier molecular flexibility index (Phi) is 3.42. The van der Waals surface area contributed by atoms with E-state index in [0.717, 1.165) is 0 Å². The Balaban J connectivity index is 2.08. The number of carbonyl (C=O) groups excluding carboxylic acids is 1. The number of hydrogen-bond donors (Lipinski definition) is 1. The first-order valence-corrected chi connectivity index (χ1v) is 5.24. The molecule has 0 unspecified atom stereocenters. The second-order valence-corrected chi connectivity index (χ2v) is 3.69. The number of carbonyl (C=O) groups is 1. The highest BCUT2D eigenvalue weighted by molar-refractivity contribution is 6.01. The fourth-order valence-electron chi connectivity index (χ4n) is 1.22. The van der Waals surface area contributed by atoms with Gasteiger partial charge in [0.15, 0.2) is 0 Å². The van der Waals surface area contributed by atoms with Crippen LogP contribution in [0.2, 0.25) is 0 Å². The van der Waals surface area contributed by atoms with Gasteiger partial charge in [0.25, 0.3) is 5.91 Å². The molecule has 2 aromatic heterocycles. The van der Waals surface area contributed by atoms with Crippen LogP contribution in [0.3, 0.4) is 0 Å². The molecule has 0 aromatic carbocycles. The monoisotopic (exact) mass is 244 g/mol. The van der Waals surface area contributed by atoms with E-state index in [9.17, 15) is 4.79 Å². The largest absolute Gasteiger partial charge is 0.347 e. The lowest BCUT2D eigenvalue weighted by Crippen LogP contribution is -2.16. The van der Waals surface area contributed by atoms with Gasteiger partial charge in [0, 0.05) is 26.5 Å². The van der Waals surface area contributed by atoms with E-state index in [1.54, 1.807) is 11.0 Å². The summed E-state index contributed by atoms with van der Waals surface area (Å²) in [6, 6.07) is 1.64. The van der Waals surface area contributed by atoms with Crippen molar-refractivity contribution in [1.82, 2.24) is 19.9 Å². The molecular weight excluding hydrogens is 232 g/mol. The van der Waals surface area contributed by atoms with E-state index in [1.807, 2.05) is 14.1 Å². The fourth-order valence-corrected chi connectivity index (χ4v) is 1.22. The van der Waals surface area contributed by atoms with Gasteiger partial charge in [-0.15, -0.1) is 0 Å². The molecule has 0 aliphatic carbocycles. The van der Waals surface area contributed by atoms with E-state index in [0.29, 0.717) is 11.6 Å². The summed E-state index contributed by atoms with van der Waals surface area (Å²) in [5.74, 6) is 0.287. The molecule has 1 N–H and O–H groups in total. The molecule has 0 radical (unpaired) electrons. The van der Waals surface area contributed by atoms with Crippen molar-refractivity contribution in [3.63, 3.8) is 0 Å². The lowest BCUT2D eigenvalue weighted by atomic mass is 10.4. The Bertz CT molecular complexity index is 525. The highest BCUT2D eigenvalue weighted by atomic mass is 16.2. The highest BCUT2D eigenvalue weighted by Gasteiger charge is 2.09. The normalized spacial score (nSPS) is 9.89. The molecule has 2 aromatic rings. The van der Waals surface area contributed by atoms with E-state index < -0.39 is 5.91 Å². The summed E-state index contributed by atoms with van der Waals surface area (Å²) >= 11 is 0. The molecule has 0 fully saturated rings. The molecule has 0 atom stereocenters. The standard InChI is InChI=1S/C11H12N6O/c1-17(2)11-14-6-8(7-15-11)16-10(18)9-12-4-3-5-13-9/h3-7H,1-2H3,(H,16,18). The molecule has 0 aliphatic rings. The number of nitrogens with one attached hydrogen (secondary N) is 1. The maximum atomic E-state index is 11.7. The summed E-state index contributed by atoms with van der Waals surface area (Å²) in [4.78, 5) is 29.4. The second-order valence-electron chi connectivity index (χ2n) is 3.69. The van der Waals surface area contributed by atoms with Crippen LogP contribution in [0.25, 0.3) is 0 Å². The third-order valence-corrected chi connectivity index (χ3v) is 2.06. The number of nitrogens with zero attached hydrogens (tertiary/aromatic N) is 5. The van der Waals surface area contributed by atoms with E-state index in [2.05, 4.69) is 25.3 Å².